The van der Waals surface area contributed by atoms with Crippen molar-refractivity contribution in [1.29, 1.82) is 0 Å². The molecule has 6 radical (unpaired) electrons. The number of thiocarbonyl (C=S) groups is 2. The Morgan fingerprint density at radius 2 is 1.26 bits per heavy atom. The van der Waals surface area contributed by atoms with Crippen LogP contribution in [0.25, 0.3) is 0 Å². The van der Waals surface area contributed by atoms with Crippen molar-refractivity contribution in [1.82, 2.24) is 21.3 Å². The van der Waals surface area contributed by atoms with E-state index in [0.29, 0.717) is 49.1 Å². The highest BCUT2D eigenvalue weighted by Crippen LogP contribution is 2.20. The van der Waals surface area contributed by atoms with Crippen LogP contribution in [0.2, 0.25) is 0 Å². The minimum absolute atomic E-state index is 0.0428. The summed E-state index contributed by atoms with van der Waals surface area (Å²) < 4.78 is 16.8. The third-order valence-corrected chi connectivity index (χ3v) is 6.14. The molecule has 0 saturated carbocycles. The molecule has 31 heavy (non-hydrogen) atoms. The number of nitrogens with two attached hydrogens (primary N) is 1. The van der Waals surface area contributed by atoms with Gasteiger partial charge in [-0.15, -0.1) is 0 Å². The zero-order valence-electron chi connectivity index (χ0n) is 17.2. The Labute approximate surface area is 197 Å². The molecule has 3 aliphatic rings. The van der Waals surface area contributed by atoms with Crippen LogP contribution >= 0.6 is 24.4 Å². The number of aliphatic hydroxyl groups is 1. The van der Waals surface area contributed by atoms with Gasteiger partial charge in [-0.3, -0.25) is 0 Å². The SMILES string of the molecule is [B]C1CC(O)C(CNC(=S)NC2CC([B])OC2CNC(=S)NC2CC([B])OC2CN)O1. The molecule has 9 nitrogen and oxygen atoms in total. The van der Waals surface area contributed by atoms with E-state index < -0.39 is 24.2 Å². The van der Waals surface area contributed by atoms with Crippen molar-refractivity contribution < 1.29 is 19.3 Å². The van der Waals surface area contributed by atoms with Crippen LogP contribution in [0.15, 0.2) is 0 Å². The second-order valence-corrected chi connectivity index (χ2v) is 8.89. The van der Waals surface area contributed by atoms with E-state index in [0.717, 1.165) is 0 Å². The van der Waals surface area contributed by atoms with Gasteiger partial charge in [-0.05, 0) is 43.7 Å². The van der Waals surface area contributed by atoms with Crippen molar-refractivity contribution in [2.75, 3.05) is 19.6 Å². The third-order valence-electron chi connectivity index (χ3n) is 5.61. The largest absolute Gasteiger partial charge is 0.390 e. The number of nitrogens with one attached hydrogen (secondary N) is 4. The summed E-state index contributed by atoms with van der Waals surface area (Å²) in [5.74, 6) is 0. The fourth-order valence-electron chi connectivity index (χ4n) is 4.04. The standard InChI is InChI=1S/C17H28B3N5O4S2/c18-13-1-7(10(4-21)27-13)24-16(30)22-5-11-8(2-14(19)28-11)25-17(31)23-6-12-9(26)3-15(20)29-12/h7-15,26H,1-6,21H2,(H2,22,24,30)(H2,23,25,31). The van der Waals surface area contributed by atoms with E-state index in [-0.39, 0.29) is 30.3 Å². The molecular weight excluding hydrogens is 435 g/mol. The maximum atomic E-state index is 9.91. The monoisotopic (exact) mass is 463 g/mol. The Kier molecular flexibility index (Phi) is 9.27. The predicted molar refractivity (Wildman–Crippen MR) is 127 cm³/mol. The molecule has 3 aliphatic heterocycles. The first kappa shape index (κ1) is 25.0. The van der Waals surface area contributed by atoms with E-state index in [4.69, 9.17) is 67.9 Å². The first-order chi connectivity index (χ1) is 14.7. The summed E-state index contributed by atoms with van der Waals surface area (Å²) in [7, 11) is 17.5. The van der Waals surface area contributed by atoms with Crippen LogP contribution in [-0.4, -0.2) is 113 Å². The van der Waals surface area contributed by atoms with Gasteiger partial charge in [-0.1, -0.05) is 0 Å². The Hall–Kier alpha value is -0.625. The van der Waals surface area contributed by atoms with Crippen LogP contribution in [-0.2, 0) is 14.2 Å². The summed E-state index contributed by atoms with van der Waals surface area (Å²) >= 11 is 10.8. The summed E-state index contributed by atoms with van der Waals surface area (Å²) in [6, 6.07) is -1.36. The highest BCUT2D eigenvalue weighted by molar-refractivity contribution is 7.80. The Bertz CT molecular complexity index is 643. The molecule has 9 unspecified atom stereocenters. The molecule has 3 rings (SSSR count). The summed E-state index contributed by atoms with van der Waals surface area (Å²) in [6.07, 6.45) is 0.181. The summed E-state index contributed by atoms with van der Waals surface area (Å²) in [5, 5.41) is 23.4. The molecule has 0 amide bonds. The molecule has 9 atom stereocenters. The quantitative estimate of drug-likeness (QED) is 0.170. The highest BCUT2D eigenvalue weighted by Gasteiger charge is 2.35. The third kappa shape index (κ3) is 7.18. The topological polar surface area (TPSA) is 122 Å². The molecule has 0 bridgehead atoms. The molecule has 0 spiro atoms. The van der Waals surface area contributed by atoms with Gasteiger partial charge in [0.15, 0.2) is 10.2 Å². The number of aliphatic hydroxyl groups excluding tert-OH is 1. The van der Waals surface area contributed by atoms with Crippen molar-refractivity contribution in [2.24, 2.45) is 5.73 Å². The van der Waals surface area contributed by atoms with Gasteiger partial charge in [-0.25, -0.2) is 0 Å². The summed E-state index contributed by atoms with van der Waals surface area (Å²) in [5.41, 5.74) is 5.72. The maximum absolute atomic E-state index is 9.91. The van der Waals surface area contributed by atoms with Crippen LogP contribution in [0.3, 0.4) is 0 Å². The van der Waals surface area contributed by atoms with Crippen LogP contribution in [0, 0.1) is 0 Å². The minimum Gasteiger partial charge on any atom is -0.390 e. The van der Waals surface area contributed by atoms with Crippen LogP contribution in [0.4, 0.5) is 0 Å². The minimum atomic E-state index is -0.613. The van der Waals surface area contributed by atoms with E-state index in [9.17, 15) is 5.11 Å². The van der Waals surface area contributed by atoms with Crippen molar-refractivity contribution in [3.8, 4) is 0 Å². The predicted octanol–water partition coefficient (Wildman–Crippen LogP) is -3.18. The van der Waals surface area contributed by atoms with E-state index in [1.807, 2.05) is 0 Å². The average Bonchev–Trinajstić information content (AvgIpc) is 3.34. The number of hydrogen-bond donors (Lipinski definition) is 6. The van der Waals surface area contributed by atoms with Crippen molar-refractivity contribution in [3.63, 3.8) is 0 Å². The zero-order valence-corrected chi connectivity index (χ0v) is 18.9. The molecule has 0 aliphatic carbocycles. The van der Waals surface area contributed by atoms with Gasteiger partial charge >= 0.3 is 0 Å². The van der Waals surface area contributed by atoms with Gasteiger partial charge < -0.3 is 46.3 Å². The molecule has 3 fully saturated rings. The molecule has 0 aromatic rings. The zero-order chi connectivity index (χ0) is 22.5. The van der Waals surface area contributed by atoms with Gasteiger partial charge in [0.05, 0.1) is 36.5 Å². The lowest BCUT2D eigenvalue weighted by Crippen LogP contribution is -2.52. The number of ether oxygens (including phenoxy) is 3. The van der Waals surface area contributed by atoms with Gasteiger partial charge in [0, 0.05) is 37.6 Å². The first-order valence-electron chi connectivity index (χ1n) is 10.4. The Morgan fingerprint density at radius 1 is 0.806 bits per heavy atom. The number of rotatable bonds is 7. The summed E-state index contributed by atoms with van der Waals surface area (Å²) in [6.45, 7) is 1.15. The smallest absolute Gasteiger partial charge is 0.166 e. The van der Waals surface area contributed by atoms with Gasteiger partial charge in [-0.2, -0.15) is 0 Å². The molecule has 0 aromatic heterocycles. The van der Waals surface area contributed by atoms with Crippen molar-refractivity contribution >= 4 is 58.2 Å². The second kappa shape index (κ2) is 11.5. The fraction of sp³-hybridized carbons (Fsp3) is 0.882. The second-order valence-electron chi connectivity index (χ2n) is 8.07. The van der Waals surface area contributed by atoms with Gasteiger partial charge in [0.25, 0.3) is 0 Å². The molecule has 3 saturated heterocycles. The lowest BCUT2D eigenvalue weighted by Gasteiger charge is -2.25. The van der Waals surface area contributed by atoms with Crippen LogP contribution < -0.4 is 27.0 Å². The maximum Gasteiger partial charge on any atom is 0.166 e. The first-order valence-corrected chi connectivity index (χ1v) is 11.3. The van der Waals surface area contributed by atoms with Crippen LogP contribution in [0.5, 0.6) is 0 Å². The van der Waals surface area contributed by atoms with Crippen molar-refractivity contribution in [3.05, 3.63) is 0 Å². The van der Waals surface area contributed by atoms with E-state index in [1.165, 1.54) is 0 Å². The molecule has 3 heterocycles. The molecular formula is C17H28B3N5O4S2. The lowest BCUT2D eigenvalue weighted by molar-refractivity contribution is 0.0359. The fourth-order valence-corrected chi connectivity index (χ4v) is 4.51. The molecule has 0 aromatic carbocycles. The lowest BCUT2D eigenvalue weighted by atomic mass is 9.95. The Balaban J connectivity index is 1.40. The van der Waals surface area contributed by atoms with E-state index >= 15 is 0 Å². The summed E-state index contributed by atoms with van der Waals surface area (Å²) in [4.78, 5) is 0. The van der Waals surface area contributed by atoms with Crippen molar-refractivity contribution in [2.45, 2.75) is 73.8 Å². The number of hydrogen-bond acceptors (Lipinski definition) is 7. The molecule has 7 N–H and O–H groups in total. The molecule has 14 heteroatoms. The molecule has 166 valence electrons. The average molecular weight is 463 g/mol. The van der Waals surface area contributed by atoms with Gasteiger partial charge in [0.1, 0.15) is 23.5 Å². The van der Waals surface area contributed by atoms with E-state index in [2.05, 4.69) is 21.3 Å². The van der Waals surface area contributed by atoms with Crippen LogP contribution in [0.1, 0.15) is 19.3 Å². The normalized spacial score (nSPS) is 39.9. The van der Waals surface area contributed by atoms with E-state index in [1.54, 1.807) is 0 Å². The Morgan fingerprint density at radius 3 is 1.77 bits per heavy atom. The van der Waals surface area contributed by atoms with Gasteiger partial charge in [0.2, 0.25) is 0 Å². The highest BCUT2D eigenvalue weighted by atomic mass is 32.1.